The Balaban J connectivity index is 2.40. The molecule has 0 atom stereocenters. The van der Waals surface area contributed by atoms with Crippen LogP contribution in [0, 0.1) is 6.92 Å². The van der Waals surface area contributed by atoms with Gasteiger partial charge in [-0.15, -0.1) is 5.10 Å². The summed E-state index contributed by atoms with van der Waals surface area (Å²) in [5.74, 6) is -1.00. The Morgan fingerprint density at radius 1 is 1.43 bits per heavy atom. The molecule has 2 heterocycles. The maximum atomic E-state index is 12.2. The van der Waals surface area contributed by atoms with Crippen molar-refractivity contribution < 1.29 is 22.7 Å². The van der Waals surface area contributed by atoms with Gasteiger partial charge in [0.25, 0.3) is 10.0 Å². The Kier molecular flexibility index (Phi) is 3.73. The van der Waals surface area contributed by atoms with Crippen LogP contribution in [0.4, 0.5) is 6.01 Å². The average molecular weight is 314 g/mol. The molecular weight excluding hydrogens is 300 g/mol. The van der Waals surface area contributed by atoms with Gasteiger partial charge < -0.3 is 14.1 Å². The van der Waals surface area contributed by atoms with E-state index in [2.05, 4.69) is 14.9 Å². The van der Waals surface area contributed by atoms with Gasteiger partial charge in [0, 0.05) is 19.2 Å². The van der Waals surface area contributed by atoms with Crippen molar-refractivity contribution in [2.45, 2.75) is 31.7 Å². The highest BCUT2D eigenvalue weighted by atomic mass is 32.2. The van der Waals surface area contributed by atoms with Crippen LogP contribution in [-0.4, -0.2) is 34.3 Å². The number of hydrogen-bond donors (Lipinski definition) is 2. The van der Waals surface area contributed by atoms with Crippen molar-refractivity contribution in [1.82, 2.24) is 14.8 Å². The molecule has 2 aromatic rings. The number of aromatic carboxylic acids is 1. The molecule has 0 saturated carbocycles. The number of nitrogens with one attached hydrogen (secondary N) is 1. The van der Waals surface area contributed by atoms with E-state index in [0.29, 0.717) is 0 Å². The van der Waals surface area contributed by atoms with Crippen LogP contribution in [-0.2, 0) is 10.0 Å². The molecule has 2 N–H and O–H groups in total. The molecule has 0 radical (unpaired) electrons. The average Bonchev–Trinajstić information content (AvgIpc) is 2.95. The molecule has 0 saturated heterocycles. The molecule has 21 heavy (non-hydrogen) atoms. The number of nitrogens with zero attached hydrogens (tertiary/aromatic N) is 3. The highest BCUT2D eigenvalue weighted by Crippen LogP contribution is 2.21. The number of carboxylic acids is 1. The lowest BCUT2D eigenvalue weighted by Gasteiger charge is -2.09. The third-order valence-electron chi connectivity index (χ3n) is 2.66. The van der Waals surface area contributed by atoms with Crippen molar-refractivity contribution in [3.05, 3.63) is 23.8 Å². The minimum atomic E-state index is -4.00. The fraction of sp³-hybridized carbons (Fsp3) is 0.364. The molecule has 10 heteroatoms. The summed E-state index contributed by atoms with van der Waals surface area (Å²) in [7, 11) is -4.00. The van der Waals surface area contributed by atoms with E-state index >= 15 is 0 Å². The van der Waals surface area contributed by atoms with Gasteiger partial charge in [-0.05, 0) is 19.9 Å². The van der Waals surface area contributed by atoms with Crippen molar-refractivity contribution in [2.75, 3.05) is 4.72 Å². The van der Waals surface area contributed by atoms with Gasteiger partial charge in [-0.3, -0.25) is 0 Å². The normalized spacial score (nSPS) is 11.8. The van der Waals surface area contributed by atoms with Crippen LogP contribution in [0.2, 0.25) is 0 Å². The van der Waals surface area contributed by atoms with Crippen molar-refractivity contribution in [3.8, 4) is 0 Å². The molecule has 0 aliphatic carbocycles. The minimum Gasteiger partial charge on any atom is -0.477 e. The van der Waals surface area contributed by atoms with Crippen LogP contribution >= 0.6 is 0 Å². The monoisotopic (exact) mass is 314 g/mol. The lowest BCUT2D eigenvalue weighted by atomic mass is 10.3. The Bertz CT molecular complexity index is 774. The number of rotatable bonds is 5. The third-order valence-corrected chi connectivity index (χ3v) is 3.94. The van der Waals surface area contributed by atoms with E-state index < -0.39 is 16.0 Å². The fourth-order valence-corrected chi connectivity index (χ4v) is 2.66. The van der Waals surface area contributed by atoms with Crippen LogP contribution < -0.4 is 4.72 Å². The van der Waals surface area contributed by atoms with Gasteiger partial charge >= 0.3 is 12.0 Å². The molecule has 2 aromatic heterocycles. The summed E-state index contributed by atoms with van der Waals surface area (Å²) in [6.45, 7) is 5.01. The standard InChI is InChI=1S/C11H14N4O5S/c1-6(2)15-5-8(4-9(15)10(16)17)21(18,19)14-11-13-12-7(3)20-11/h4-6H,1-3H3,(H,13,14)(H,16,17). The second kappa shape index (κ2) is 5.20. The highest BCUT2D eigenvalue weighted by molar-refractivity contribution is 7.92. The zero-order chi connectivity index (χ0) is 15.8. The number of sulfonamides is 1. The fourth-order valence-electron chi connectivity index (χ4n) is 1.71. The van der Waals surface area contributed by atoms with Gasteiger partial charge in [-0.1, -0.05) is 5.10 Å². The second-order valence-corrected chi connectivity index (χ2v) is 6.28. The smallest absolute Gasteiger partial charge is 0.352 e. The summed E-state index contributed by atoms with van der Waals surface area (Å²) < 4.78 is 32.7. The van der Waals surface area contributed by atoms with Gasteiger partial charge in [0.2, 0.25) is 5.89 Å². The van der Waals surface area contributed by atoms with Gasteiger partial charge in [0.15, 0.2) is 0 Å². The van der Waals surface area contributed by atoms with E-state index in [0.717, 1.165) is 6.07 Å². The Hall–Kier alpha value is -2.36. The zero-order valence-electron chi connectivity index (χ0n) is 11.6. The maximum Gasteiger partial charge on any atom is 0.352 e. The number of anilines is 1. The van der Waals surface area contributed by atoms with Crippen LogP contribution in [0.25, 0.3) is 0 Å². The molecule has 2 rings (SSSR count). The number of carbonyl (C=O) groups is 1. The predicted molar refractivity (Wildman–Crippen MR) is 71.6 cm³/mol. The van der Waals surface area contributed by atoms with Crippen molar-refractivity contribution in [1.29, 1.82) is 0 Å². The predicted octanol–water partition coefficient (Wildman–Crippen LogP) is 1.26. The molecule has 0 aliphatic rings. The van der Waals surface area contributed by atoms with E-state index in [1.54, 1.807) is 13.8 Å². The topological polar surface area (TPSA) is 127 Å². The molecule has 0 unspecified atom stereocenters. The van der Waals surface area contributed by atoms with Gasteiger partial charge in [-0.25, -0.2) is 17.9 Å². The van der Waals surface area contributed by atoms with E-state index in [9.17, 15) is 13.2 Å². The molecule has 0 aliphatic heterocycles. The van der Waals surface area contributed by atoms with Crippen molar-refractivity contribution >= 4 is 22.0 Å². The minimum absolute atomic E-state index is 0.118. The maximum absolute atomic E-state index is 12.2. The van der Waals surface area contributed by atoms with Crippen LogP contribution in [0.3, 0.4) is 0 Å². The van der Waals surface area contributed by atoms with Gasteiger partial charge in [0.05, 0.1) is 0 Å². The largest absolute Gasteiger partial charge is 0.477 e. The number of aryl methyl sites for hydroxylation is 1. The first kappa shape index (κ1) is 15.0. The lowest BCUT2D eigenvalue weighted by molar-refractivity contribution is 0.0683. The first-order chi connectivity index (χ1) is 9.70. The molecule has 0 fully saturated rings. The van der Waals surface area contributed by atoms with E-state index in [-0.39, 0.29) is 28.5 Å². The second-order valence-electron chi connectivity index (χ2n) is 4.60. The molecule has 0 bridgehead atoms. The van der Waals surface area contributed by atoms with Gasteiger partial charge in [0.1, 0.15) is 10.6 Å². The zero-order valence-corrected chi connectivity index (χ0v) is 12.4. The summed E-state index contributed by atoms with van der Waals surface area (Å²) in [5.41, 5.74) is -0.118. The van der Waals surface area contributed by atoms with E-state index in [1.807, 2.05) is 0 Å². The van der Waals surface area contributed by atoms with Gasteiger partial charge in [-0.2, -0.15) is 0 Å². The molecule has 9 nitrogen and oxygen atoms in total. The summed E-state index contributed by atoms with van der Waals surface area (Å²) in [6.07, 6.45) is 1.25. The van der Waals surface area contributed by atoms with Crippen molar-refractivity contribution in [3.63, 3.8) is 0 Å². The first-order valence-electron chi connectivity index (χ1n) is 5.99. The molecule has 0 spiro atoms. The summed E-state index contributed by atoms with van der Waals surface area (Å²) >= 11 is 0. The Morgan fingerprint density at radius 3 is 2.52 bits per heavy atom. The number of aromatic nitrogens is 3. The van der Waals surface area contributed by atoms with Crippen molar-refractivity contribution in [2.24, 2.45) is 0 Å². The summed E-state index contributed by atoms with van der Waals surface area (Å²) in [6, 6.07) is 0.598. The molecule has 0 amide bonds. The van der Waals surface area contributed by atoms with E-state index in [1.165, 1.54) is 17.7 Å². The van der Waals surface area contributed by atoms with Crippen LogP contribution in [0.1, 0.15) is 36.3 Å². The highest BCUT2D eigenvalue weighted by Gasteiger charge is 2.24. The molecular formula is C11H14N4O5S. The number of carboxylic acid groups (broad SMARTS) is 1. The SMILES string of the molecule is Cc1nnc(NS(=O)(=O)c2cc(C(=O)O)n(C(C)C)c2)o1. The van der Waals surface area contributed by atoms with Crippen LogP contribution in [0.5, 0.6) is 0 Å². The Labute approximate surface area is 120 Å². The summed E-state index contributed by atoms with van der Waals surface area (Å²) in [4.78, 5) is 11.0. The summed E-state index contributed by atoms with van der Waals surface area (Å²) in [5, 5.41) is 16.1. The first-order valence-corrected chi connectivity index (χ1v) is 7.47. The molecule has 114 valence electrons. The lowest BCUT2D eigenvalue weighted by Crippen LogP contribution is -2.12. The quantitative estimate of drug-likeness (QED) is 0.850. The third kappa shape index (κ3) is 3.05. The Morgan fingerprint density at radius 2 is 2.10 bits per heavy atom. The van der Waals surface area contributed by atoms with Crippen LogP contribution in [0.15, 0.2) is 21.6 Å². The number of hydrogen-bond acceptors (Lipinski definition) is 6. The molecule has 0 aromatic carbocycles. The van der Waals surface area contributed by atoms with E-state index in [4.69, 9.17) is 9.52 Å².